The van der Waals surface area contributed by atoms with E-state index < -0.39 is 12.1 Å². The molecule has 0 saturated heterocycles. The average molecular weight is 190 g/mol. The Kier molecular flexibility index (Phi) is 5.84. The summed E-state index contributed by atoms with van der Waals surface area (Å²) in [4.78, 5) is 11.0. The Labute approximate surface area is 77.5 Å². The van der Waals surface area contributed by atoms with Gasteiger partial charge in [-0.1, -0.05) is 6.08 Å². The van der Waals surface area contributed by atoms with Crippen molar-refractivity contribution in [1.82, 2.24) is 0 Å². The topological polar surface area (TPSA) is 57.5 Å². The molecule has 1 atom stereocenters. The molecular formula is C8H14O3S. The molecule has 0 aliphatic heterocycles. The Hall–Kier alpha value is -0.480. The lowest BCUT2D eigenvalue weighted by Gasteiger charge is -2.04. The second kappa shape index (κ2) is 6.08. The van der Waals surface area contributed by atoms with Crippen molar-refractivity contribution in [2.45, 2.75) is 32.3 Å². The molecular weight excluding hydrogens is 176 g/mol. The van der Waals surface area contributed by atoms with Crippen molar-refractivity contribution in [2.24, 2.45) is 0 Å². The van der Waals surface area contributed by atoms with Gasteiger partial charge in [0.05, 0.1) is 12.5 Å². The first-order valence-corrected chi connectivity index (χ1v) is 4.22. The molecule has 0 fully saturated rings. The van der Waals surface area contributed by atoms with Gasteiger partial charge in [0.15, 0.2) is 0 Å². The number of aliphatic carboxylic acids is 1. The van der Waals surface area contributed by atoms with Gasteiger partial charge in [0.25, 0.3) is 0 Å². The zero-order valence-corrected chi connectivity index (χ0v) is 7.92. The van der Waals surface area contributed by atoms with E-state index in [1.165, 1.54) is 0 Å². The fourth-order valence-electron chi connectivity index (χ4n) is 0.788. The first-order chi connectivity index (χ1) is 5.52. The molecule has 0 rings (SSSR count). The zero-order valence-electron chi connectivity index (χ0n) is 7.03. The molecule has 0 aliphatic rings. The highest BCUT2D eigenvalue weighted by molar-refractivity contribution is 7.84. The third kappa shape index (κ3) is 7.63. The highest BCUT2D eigenvalue weighted by Gasteiger charge is 2.07. The van der Waals surface area contributed by atoms with Crippen molar-refractivity contribution in [3.8, 4) is 0 Å². The summed E-state index contributed by atoms with van der Waals surface area (Å²) >= 11 is 4.03. The van der Waals surface area contributed by atoms with Crippen LogP contribution in [-0.4, -0.2) is 22.3 Å². The number of hydrogen-bond donors (Lipinski definition) is 3. The highest BCUT2D eigenvalue weighted by Crippen LogP contribution is 2.06. The molecule has 4 heteroatoms. The Morgan fingerprint density at radius 2 is 2.25 bits per heavy atom. The molecule has 1 unspecified atom stereocenters. The normalized spacial score (nSPS) is 14.4. The van der Waals surface area contributed by atoms with Gasteiger partial charge >= 0.3 is 5.97 Å². The monoisotopic (exact) mass is 190 g/mol. The van der Waals surface area contributed by atoms with E-state index in [1.54, 1.807) is 0 Å². The van der Waals surface area contributed by atoms with E-state index in [0.717, 1.165) is 4.91 Å². The number of carbonyl (C=O) groups is 1. The van der Waals surface area contributed by atoms with Gasteiger partial charge in [0.1, 0.15) is 0 Å². The van der Waals surface area contributed by atoms with Crippen molar-refractivity contribution < 1.29 is 15.0 Å². The van der Waals surface area contributed by atoms with Gasteiger partial charge in [-0.05, 0) is 24.7 Å². The van der Waals surface area contributed by atoms with Crippen LogP contribution in [0, 0.1) is 0 Å². The van der Waals surface area contributed by atoms with E-state index >= 15 is 0 Å². The minimum absolute atomic E-state index is 0.181. The van der Waals surface area contributed by atoms with Crippen molar-refractivity contribution >= 4 is 18.6 Å². The number of carboxylic acids is 1. The third-order valence-corrected chi connectivity index (χ3v) is 1.53. The van der Waals surface area contributed by atoms with Crippen molar-refractivity contribution in [1.29, 1.82) is 0 Å². The van der Waals surface area contributed by atoms with Gasteiger partial charge in [-0.15, -0.1) is 12.6 Å². The van der Waals surface area contributed by atoms with Crippen LogP contribution in [0.15, 0.2) is 11.0 Å². The molecule has 0 saturated carbocycles. The molecule has 0 aromatic heterocycles. The molecule has 0 spiro atoms. The Morgan fingerprint density at radius 1 is 1.67 bits per heavy atom. The number of aliphatic hydroxyl groups is 1. The minimum Gasteiger partial charge on any atom is -0.481 e. The van der Waals surface area contributed by atoms with E-state index in [9.17, 15) is 4.79 Å². The number of hydrogen-bond acceptors (Lipinski definition) is 3. The number of carboxylic acid groups (broad SMARTS) is 1. The summed E-state index contributed by atoms with van der Waals surface area (Å²) < 4.78 is 0. The number of aliphatic hydroxyl groups excluding tert-OH is 1. The van der Waals surface area contributed by atoms with Crippen molar-refractivity contribution in [3.05, 3.63) is 11.0 Å². The summed E-state index contributed by atoms with van der Waals surface area (Å²) in [6, 6.07) is 0. The predicted molar refractivity (Wildman–Crippen MR) is 50.2 cm³/mol. The second-order valence-electron chi connectivity index (χ2n) is 2.67. The van der Waals surface area contributed by atoms with Crippen molar-refractivity contribution in [2.75, 3.05) is 0 Å². The van der Waals surface area contributed by atoms with Crippen LogP contribution in [0.4, 0.5) is 0 Å². The van der Waals surface area contributed by atoms with Gasteiger partial charge in [0, 0.05) is 0 Å². The smallest absolute Gasteiger partial charge is 0.305 e. The third-order valence-electron chi connectivity index (χ3n) is 1.35. The van der Waals surface area contributed by atoms with E-state index in [4.69, 9.17) is 10.2 Å². The standard InChI is InChI=1S/C8H14O3S/c1-6(12)3-2-4-7(9)5-8(10)11/h3,7,9,12H,2,4-5H2,1H3,(H,10,11). The maximum atomic E-state index is 10.1. The zero-order chi connectivity index (χ0) is 9.56. The lowest BCUT2D eigenvalue weighted by atomic mass is 10.1. The van der Waals surface area contributed by atoms with Gasteiger partial charge < -0.3 is 10.2 Å². The van der Waals surface area contributed by atoms with Crippen LogP contribution in [0.25, 0.3) is 0 Å². The maximum absolute atomic E-state index is 10.1. The maximum Gasteiger partial charge on any atom is 0.305 e. The van der Waals surface area contributed by atoms with E-state index in [2.05, 4.69) is 12.6 Å². The molecule has 2 N–H and O–H groups in total. The van der Waals surface area contributed by atoms with Crippen LogP contribution in [0.3, 0.4) is 0 Å². The first kappa shape index (κ1) is 11.5. The molecule has 0 bridgehead atoms. The molecule has 0 amide bonds. The molecule has 0 heterocycles. The lowest BCUT2D eigenvalue weighted by molar-refractivity contribution is -0.139. The Bertz CT molecular complexity index is 173. The highest BCUT2D eigenvalue weighted by atomic mass is 32.1. The molecule has 0 aromatic rings. The van der Waals surface area contributed by atoms with E-state index in [0.29, 0.717) is 12.8 Å². The quantitative estimate of drug-likeness (QED) is 0.575. The summed E-state index contributed by atoms with van der Waals surface area (Å²) in [6.07, 6.45) is 2.08. The van der Waals surface area contributed by atoms with Gasteiger partial charge in [-0.25, -0.2) is 0 Å². The molecule has 3 nitrogen and oxygen atoms in total. The summed E-state index contributed by atoms with van der Waals surface area (Å²) in [7, 11) is 0. The van der Waals surface area contributed by atoms with Crippen LogP contribution in [0.2, 0.25) is 0 Å². The van der Waals surface area contributed by atoms with E-state index in [1.807, 2.05) is 13.0 Å². The number of thiol groups is 1. The minimum atomic E-state index is -0.964. The first-order valence-electron chi connectivity index (χ1n) is 3.78. The lowest BCUT2D eigenvalue weighted by Crippen LogP contribution is -2.12. The molecule has 0 radical (unpaired) electrons. The number of rotatable bonds is 5. The molecule has 70 valence electrons. The molecule has 12 heavy (non-hydrogen) atoms. The number of allylic oxidation sites excluding steroid dienone is 2. The fraction of sp³-hybridized carbons (Fsp3) is 0.625. The summed E-state index contributed by atoms with van der Waals surface area (Å²) in [6.45, 7) is 1.84. The fourth-order valence-corrected chi connectivity index (χ4v) is 0.917. The van der Waals surface area contributed by atoms with Crippen LogP contribution < -0.4 is 0 Å². The summed E-state index contributed by atoms with van der Waals surface area (Å²) in [5.41, 5.74) is 0. The van der Waals surface area contributed by atoms with Gasteiger partial charge in [-0.2, -0.15) is 0 Å². The van der Waals surface area contributed by atoms with E-state index in [-0.39, 0.29) is 6.42 Å². The largest absolute Gasteiger partial charge is 0.481 e. The Balaban J connectivity index is 3.50. The van der Waals surface area contributed by atoms with Gasteiger partial charge in [0.2, 0.25) is 0 Å². The summed E-state index contributed by atoms with van der Waals surface area (Å²) in [5, 5.41) is 17.4. The van der Waals surface area contributed by atoms with Gasteiger partial charge in [-0.3, -0.25) is 4.79 Å². The van der Waals surface area contributed by atoms with Crippen LogP contribution >= 0.6 is 12.6 Å². The van der Waals surface area contributed by atoms with Crippen LogP contribution in [0.1, 0.15) is 26.2 Å². The summed E-state index contributed by atoms with van der Waals surface area (Å²) in [5.74, 6) is -0.964. The van der Waals surface area contributed by atoms with Crippen LogP contribution in [0.5, 0.6) is 0 Å². The molecule has 0 aliphatic carbocycles. The van der Waals surface area contributed by atoms with Crippen LogP contribution in [-0.2, 0) is 4.79 Å². The SMILES string of the molecule is CC(S)=CCCC(O)CC(=O)O. The second-order valence-corrected chi connectivity index (χ2v) is 3.38. The average Bonchev–Trinajstić information content (AvgIpc) is 1.84. The van der Waals surface area contributed by atoms with Crippen molar-refractivity contribution in [3.63, 3.8) is 0 Å². The predicted octanol–water partition coefficient (Wildman–Crippen LogP) is 1.44. The Morgan fingerprint density at radius 3 is 2.67 bits per heavy atom. The molecule has 0 aromatic carbocycles.